The van der Waals surface area contributed by atoms with Gasteiger partial charge in [-0.2, -0.15) is 17.5 Å². The third kappa shape index (κ3) is 5.68. The van der Waals surface area contributed by atoms with Crippen molar-refractivity contribution < 1.29 is 35.9 Å². The van der Waals surface area contributed by atoms with E-state index >= 15 is 0 Å². The molecular formula is C24H21F3N4O5S. The maximum Gasteiger partial charge on any atom is 0.416 e. The van der Waals surface area contributed by atoms with Crippen LogP contribution in [0.5, 0.6) is 11.5 Å². The third-order valence-electron chi connectivity index (χ3n) is 5.87. The minimum Gasteiger partial charge on any atom is -0.457 e. The number of halogens is 3. The molecule has 3 aromatic rings. The Morgan fingerprint density at radius 3 is 2.30 bits per heavy atom. The van der Waals surface area contributed by atoms with E-state index in [1.54, 1.807) is 24.5 Å². The summed E-state index contributed by atoms with van der Waals surface area (Å²) in [7, 11) is -4.03. The van der Waals surface area contributed by atoms with Crippen LogP contribution in [0.1, 0.15) is 11.1 Å². The number of pyridine rings is 1. The molecule has 9 nitrogen and oxygen atoms in total. The molecule has 0 aliphatic carbocycles. The van der Waals surface area contributed by atoms with E-state index in [9.17, 15) is 26.4 Å². The van der Waals surface area contributed by atoms with Crippen LogP contribution in [0.3, 0.4) is 0 Å². The second-order valence-electron chi connectivity index (χ2n) is 8.50. The van der Waals surface area contributed by atoms with Crippen LogP contribution < -0.4 is 15.4 Å². The number of hydrogen-bond acceptors (Lipinski definition) is 6. The zero-order valence-electron chi connectivity index (χ0n) is 19.1. The second kappa shape index (κ2) is 9.65. The summed E-state index contributed by atoms with van der Waals surface area (Å²) >= 11 is 0. The van der Waals surface area contributed by atoms with Crippen LogP contribution in [0.25, 0.3) is 0 Å². The Balaban J connectivity index is 1.34. The molecule has 2 aliphatic rings. The van der Waals surface area contributed by atoms with Crippen LogP contribution in [0.4, 0.5) is 18.0 Å². The number of benzene rings is 2. The van der Waals surface area contributed by atoms with Crippen molar-refractivity contribution in [1.29, 1.82) is 0 Å². The van der Waals surface area contributed by atoms with Crippen LogP contribution >= 0.6 is 0 Å². The molecule has 1 aromatic heterocycles. The Morgan fingerprint density at radius 1 is 1.00 bits per heavy atom. The largest absolute Gasteiger partial charge is 0.457 e. The van der Waals surface area contributed by atoms with Crippen molar-refractivity contribution in [3.63, 3.8) is 0 Å². The zero-order valence-corrected chi connectivity index (χ0v) is 19.9. The molecule has 13 heteroatoms. The van der Waals surface area contributed by atoms with Crippen molar-refractivity contribution in [2.45, 2.75) is 36.0 Å². The molecule has 2 unspecified atom stereocenters. The van der Waals surface area contributed by atoms with Crippen LogP contribution in [-0.2, 0) is 27.5 Å². The predicted molar refractivity (Wildman–Crippen MR) is 124 cm³/mol. The number of aromatic nitrogens is 1. The first-order chi connectivity index (χ1) is 17.6. The summed E-state index contributed by atoms with van der Waals surface area (Å²) in [5.41, 5.74) is -0.148. The van der Waals surface area contributed by atoms with Crippen molar-refractivity contribution in [3.05, 3.63) is 84.2 Å². The zero-order chi connectivity index (χ0) is 26.2. The van der Waals surface area contributed by atoms with Gasteiger partial charge in [-0.05, 0) is 60.2 Å². The lowest BCUT2D eigenvalue weighted by Crippen LogP contribution is -2.56. The molecule has 37 heavy (non-hydrogen) atoms. The maximum absolute atomic E-state index is 13.6. The number of rotatable bonds is 8. The molecule has 0 bridgehead atoms. The number of sulfonamides is 1. The van der Waals surface area contributed by atoms with E-state index in [1.165, 1.54) is 40.7 Å². The lowest BCUT2D eigenvalue weighted by Gasteiger charge is -2.28. The molecule has 3 atom stereocenters. The number of ether oxygens (including phenoxy) is 2. The maximum atomic E-state index is 13.6. The highest BCUT2D eigenvalue weighted by Gasteiger charge is 2.51. The SMILES string of the molecule is O=C1NC2OC2[C@H](CN(Cc2cccnc2)S(=O)(=O)c2ccc(Oc3ccc(C(F)(F)F)cc3)cc2)N1. The molecule has 2 aromatic carbocycles. The number of carbonyl (C=O) groups excluding carboxylic acids is 1. The molecular weight excluding hydrogens is 513 g/mol. The molecule has 3 heterocycles. The number of amides is 2. The van der Waals surface area contributed by atoms with E-state index < -0.39 is 40.1 Å². The quantitative estimate of drug-likeness (QED) is 0.428. The number of fused-ring (bicyclic) bond motifs is 1. The van der Waals surface area contributed by atoms with Crippen molar-refractivity contribution in [2.24, 2.45) is 0 Å². The molecule has 2 saturated heterocycles. The molecule has 2 aliphatic heterocycles. The minimum absolute atomic E-state index is 0.0111. The highest BCUT2D eigenvalue weighted by Crippen LogP contribution is 2.32. The number of hydrogen-bond donors (Lipinski definition) is 2. The van der Waals surface area contributed by atoms with Gasteiger partial charge < -0.3 is 20.1 Å². The van der Waals surface area contributed by atoms with Gasteiger partial charge in [0.1, 0.15) is 17.6 Å². The monoisotopic (exact) mass is 534 g/mol. The smallest absolute Gasteiger partial charge is 0.416 e. The fraction of sp³-hybridized carbons (Fsp3) is 0.250. The Hall–Kier alpha value is -3.68. The average molecular weight is 535 g/mol. The van der Waals surface area contributed by atoms with E-state index in [4.69, 9.17) is 9.47 Å². The first kappa shape index (κ1) is 25.0. The van der Waals surface area contributed by atoms with E-state index in [2.05, 4.69) is 15.6 Å². The fourth-order valence-corrected chi connectivity index (χ4v) is 5.41. The molecule has 0 spiro atoms. The Kier molecular flexibility index (Phi) is 6.52. The van der Waals surface area contributed by atoms with Gasteiger partial charge in [0.25, 0.3) is 0 Å². The first-order valence-corrected chi connectivity index (χ1v) is 12.6. The number of carbonyl (C=O) groups is 1. The predicted octanol–water partition coefficient (Wildman–Crippen LogP) is 3.49. The lowest BCUT2D eigenvalue weighted by atomic mass is 10.1. The Labute approximate surface area is 210 Å². The van der Waals surface area contributed by atoms with Crippen LogP contribution in [0.2, 0.25) is 0 Å². The van der Waals surface area contributed by atoms with E-state index in [0.29, 0.717) is 5.56 Å². The van der Waals surface area contributed by atoms with Crippen LogP contribution in [0, 0.1) is 0 Å². The molecule has 0 radical (unpaired) electrons. The lowest BCUT2D eigenvalue weighted by molar-refractivity contribution is -0.137. The van der Waals surface area contributed by atoms with Gasteiger partial charge in [0.2, 0.25) is 10.0 Å². The van der Waals surface area contributed by atoms with Crippen LogP contribution in [0.15, 0.2) is 78.0 Å². The van der Waals surface area contributed by atoms with E-state index in [-0.39, 0.29) is 35.6 Å². The van der Waals surface area contributed by atoms with E-state index in [0.717, 1.165) is 12.1 Å². The summed E-state index contributed by atoms with van der Waals surface area (Å²) in [6, 6.07) is 12.2. The van der Waals surface area contributed by atoms with Gasteiger partial charge in [0.05, 0.1) is 16.5 Å². The number of nitrogens with one attached hydrogen (secondary N) is 2. The van der Waals surface area contributed by atoms with Gasteiger partial charge in [-0.1, -0.05) is 6.07 Å². The highest BCUT2D eigenvalue weighted by atomic mass is 32.2. The molecule has 2 fully saturated rings. The summed E-state index contributed by atoms with van der Waals surface area (Å²) in [5.74, 6) is 0.416. The first-order valence-electron chi connectivity index (χ1n) is 11.2. The molecule has 0 saturated carbocycles. The standard InChI is InChI=1S/C24H21F3N4O5S/c25-24(26,27)16-3-5-17(6-4-16)35-18-7-9-19(10-8-18)37(33,34)31(13-15-2-1-11-28-12-15)14-20-21-22(36-21)30-23(32)29-20/h1-12,20-22H,13-14H2,(H2,29,30,32)/t20-,21?,22?/m0/s1. The summed E-state index contributed by atoms with van der Waals surface area (Å²) in [6.07, 6.45) is -2.11. The second-order valence-corrected chi connectivity index (χ2v) is 10.4. The highest BCUT2D eigenvalue weighted by molar-refractivity contribution is 7.89. The van der Waals surface area contributed by atoms with Gasteiger partial charge in [0, 0.05) is 25.5 Å². The Morgan fingerprint density at radius 2 is 1.68 bits per heavy atom. The normalized spacial score (nSPS) is 21.1. The van der Waals surface area contributed by atoms with Gasteiger partial charge in [-0.15, -0.1) is 0 Å². The van der Waals surface area contributed by atoms with Crippen LogP contribution in [-0.4, -0.2) is 48.7 Å². The summed E-state index contributed by atoms with van der Waals surface area (Å²) < 4.78 is 77.7. The van der Waals surface area contributed by atoms with Gasteiger partial charge in [-0.3, -0.25) is 4.98 Å². The summed E-state index contributed by atoms with van der Waals surface area (Å²) in [6.45, 7) is -0.0210. The number of alkyl halides is 3. The molecule has 5 rings (SSSR count). The molecule has 2 N–H and O–H groups in total. The fourth-order valence-electron chi connectivity index (χ4n) is 3.96. The number of nitrogens with zero attached hydrogens (tertiary/aromatic N) is 2. The molecule has 2 amide bonds. The van der Waals surface area contributed by atoms with Crippen molar-refractivity contribution in [1.82, 2.24) is 19.9 Å². The summed E-state index contributed by atoms with van der Waals surface area (Å²) in [4.78, 5) is 15.9. The van der Waals surface area contributed by atoms with Crippen molar-refractivity contribution >= 4 is 16.1 Å². The van der Waals surface area contributed by atoms with Gasteiger partial charge >= 0.3 is 12.2 Å². The number of epoxide rings is 1. The minimum atomic E-state index is -4.46. The van der Waals surface area contributed by atoms with Crippen molar-refractivity contribution in [2.75, 3.05) is 6.54 Å². The molecule has 194 valence electrons. The average Bonchev–Trinajstić information content (AvgIpc) is 3.64. The van der Waals surface area contributed by atoms with Gasteiger partial charge in [-0.25, -0.2) is 13.2 Å². The Bertz CT molecular complexity index is 1370. The van der Waals surface area contributed by atoms with E-state index in [1.807, 2.05) is 0 Å². The number of urea groups is 1. The third-order valence-corrected chi connectivity index (χ3v) is 7.70. The van der Waals surface area contributed by atoms with Gasteiger partial charge in [0.15, 0.2) is 6.23 Å². The topological polar surface area (TPSA) is 113 Å². The summed E-state index contributed by atoms with van der Waals surface area (Å²) in [5, 5.41) is 5.30. The van der Waals surface area contributed by atoms with Crippen molar-refractivity contribution in [3.8, 4) is 11.5 Å².